The zero-order chi connectivity index (χ0) is 10.4. The van der Waals surface area contributed by atoms with Crippen LogP contribution in [0.15, 0.2) is 23.1 Å². The van der Waals surface area contributed by atoms with Gasteiger partial charge in [-0.2, -0.15) is 10.5 Å². The van der Waals surface area contributed by atoms with Crippen molar-refractivity contribution < 1.29 is 0 Å². The fraction of sp³-hybridized carbons (Fsp3) is 0.273. The van der Waals surface area contributed by atoms with Crippen molar-refractivity contribution in [3.8, 4) is 12.1 Å². The van der Waals surface area contributed by atoms with Crippen molar-refractivity contribution in [3.63, 3.8) is 0 Å². The van der Waals surface area contributed by atoms with Gasteiger partial charge in [-0.05, 0) is 24.3 Å². The minimum atomic E-state index is 0.466. The van der Waals surface area contributed by atoms with E-state index < -0.39 is 0 Å². The summed E-state index contributed by atoms with van der Waals surface area (Å²) in [7, 11) is 0. The molecule has 0 spiro atoms. The molecule has 0 saturated carbocycles. The molecule has 0 N–H and O–H groups in total. The summed E-state index contributed by atoms with van der Waals surface area (Å²) in [6.07, 6.45) is 1.06. The van der Waals surface area contributed by atoms with Crippen LogP contribution in [-0.2, 0) is 0 Å². The minimum absolute atomic E-state index is 0.466. The van der Waals surface area contributed by atoms with Crippen molar-refractivity contribution in [3.05, 3.63) is 29.3 Å². The van der Waals surface area contributed by atoms with Crippen molar-refractivity contribution in [1.29, 1.82) is 10.5 Å². The molecule has 0 fully saturated rings. The van der Waals surface area contributed by atoms with Crippen LogP contribution in [-0.4, -0.2) is 5.75 Å². The third-order valence-corrected chi connectivity index (χ3v) is 2.98. The fourth-order valence-electron chi connectivity index (χ4n) is 1.07. The average molecular weight is 202 g/mol. The number of hydrogen-bond acceptors (Lipinski definition) is 3. The van der Waals surface area contributed by atoms with Gasteiger partial charge in [0.25, 0.3) is 0 Å². The van der Waals surface area contributed by atoms with E-state index in [1.807, 2.05) is 18.2 Å². The predicted molar refractivity (Wildman–Crippen MR) is 56.9 cm³/mol. The monoisotopic (exact) mass is 202 g/mol. The van der Waals surface area contributed by atoms with E-state index in [4.69, 9.17) is 10.5 Å². The molecule has 0 amide bonds. The molecule has 0 aromatic heterocycles. The van der Waals surface area contributed by atoms with Gasteiger partial charge in [-0.3, -0.25) is 0 Å². The molecule has 1 aromatic carbocycles. The highest BCUT2D eigenvalue weighted by molar-refractivity contribution is 7.99. The third kappa shape index (κ3) is 2.28. The number of nitrogens with zero attached hydrogens (tertiary/aromatic N) is 2. The summed E-state index contributed by atoms with van der Waals surface area (Å²) < 4.78 is 0. The Balaban J connectivity index is 3.06. The quantitative estimate of drug-likeness (QED) is 0.708. The molecule has 0 bridgehead atoms. The Hall–Kier alpha value is -1.45. The Bertz CT molecular complexity index is 399. The van der Waals surface area contributed by atoms with Gasteiger partial charge < -0.3 is 0 Å². The maximum atomic E-state index is 8.92. The van der Waals surface area contributed by atoms with E-state index in [0.717, 1.165) is 17.1 Å². The maximum Gasteiger partial charge on any atom is 0.102 e. The summed E-state index contributed by atoms with van der Waals surface area (Å²) in [5.74, 6) is 0.976. The van der Waals surface area contributed by atoms with Crippen LogP contribution in [0.5, 0.6) is 0 Å². The average Bonchev–Trinajstić information content (AvgIpc) is 2.25. The Labute approximate surface area is 88.2 Å². The van der Waals surface area contributed by atoms with E-state index in [-0.39, 0.29) is 0 Å². The van der Waals surface area contributed by atoms with E-state index in [1.165, 1.54) is 0 Å². The van der Waals surface area contributed by atoms with E-state index in [0.29, 0.717) is 11.1 Å². The van der Waals surface area contributed by atoms with Gasteiger partial charge in [0, 0.05) is 4.90 Å². The molecular weight excluding hydrogens is 192 g/mol. The molecule has 0 aliphatic rings. The highest BCUT2D eigenvalue weighted by Gasteiger charge is 2.06. The van der Waals surface area contributed by atoms with Crippen molar-refractivity contribution in [2.24, 2.45) is 0 Å². The van der Waals surface area contributed by atoms with E-state index in [2.05, 4.69) is 13.0 Å². The third-order valence-electron chi connectivity index (χ3n) is 1.72. The van der Waals surface area contributed by atoms with Crippen LogP contribution < -0.4 is 0 Å². The Kier molecular flexibility index (Phi) is 4.04. The summed E-state index contributed by atoms with van der Waals surface area (Å²) in [6, 6.07) is 9.49. The van der Waals surface area contributed by atoms with Crippen molar-refractivity contribution in [1.82, 2.24) is 0 Å². The van der Waals surface area contributed by atoms with Gasteiger partial charge in [0.2, 0.25) is 0 Å². The number of rotatable bonds is 3. The molecule has 0 unspecified atom stereocenters. The molecule has 14 heavy (non-hydrogen) atoms. The highest BCUT2D eigenvalue weighted by Crippen LogP contribution is 2.24. The molecule has 0 radical (unpaired) electrons. The van der Waals surface area contributed by atoms with E-state index in [9.17, 15) is 0 Å². The second-order valence-corrected chi connectivity index (χ2v) is 3.89. The molecule has 0 aliphatic carbocycles. The first-order valence-electron chi connectivity index (χ1n) is 4.39. The molecule has 0 heterocycles. The van der Waals surface area contributed by atoms with E-state index >= 15 is 0 Å². The van der Waals surface area contributed by atoms with Gasteiger partial charge in [-0.1, -0.05) is 13.0 Å². The van der Waals surface area contributed by atoms with Gasteiger partial charge in [0.05, 0.1) is 11.1 Å². The second kappa shape index (κ2) is 5.32. The number of nitriles is 2. The normalized spacial score (nSPS) is 9.07. The van der Waals surface area contributed by atoms with Crippen LogP contribution >= 0.6 is 11.8 Å². The van der Waals surface area contributed by atoms with Crippen LogP contribution in [0.3, 0.4) is 0 Å². The Morgan fingerprint density at radius 3 is 2.64 bits per heavy atom. The summed E-state index contributed by atoms with van der Waals surface area (Å²) in [4.78, 5) is 0.911. The first-order valence-corrected chi connectivity index (χ1v) is 5.38. The summed E-state index contributed by atoms with van der Waals surface area (Å²) in [6.45, 7) is 2.09. The first-order chi connectivity index (χ1) is 6.83. The van der Waals surface area contributed by atoms with Crippen LogP contribution in [0, 0.1) is 22.7 Å². The fourth-order valence-corrected chi connectivity index (χ4v) is 1.97. The molecular formula is C11H10N2S. The van der Waals surface area contributed by atoms with Crippen LogP contribution in [0.2, 0.25) is 0 Å². The highest BCUT2D eigenvalue weighted by atomic mass is 32.2. The van der Waals surface area contributed by atoms with E-state index in [1.54, 1.807) is 17.8 Å². The molecule has 3 heteroatoms. The molecule has 1 rings (SSSR count). The molecule has 70 valence electrons. The molecule has 2 nitrogen and oxygen atoms in total. The topological polar surface area (TPSA) is 47.6 Å². The summed E-state index contributed by atoms with van der Waals surface area (Å²) in [5, 5.41) is 17.7. The van der Waals surface area contributed by atoms with Gasteiger partial charge >= 0.3 is 0 Å². The molecule has 0 atom stereocenters. The standard InChI is InChI=1S/C11H10N2S/c1-2-6-14-11-5-3-4-9(7-12)10(11)8-13/h3-5H,2,6H2,1H3. The smallest absolute Gasteiger partial charge is 0.102 e. The lowest BCUT2D eigenvalue weighted by atomic mass is 10.1. The lowest BCUT2D eigenvalue weighted by molar-refractivity contribution is 1.10. The largest absolute Gasteiger partial charge is 0.192 e. The van der Waals surface area contributed by atoms with Crippen molar-refractivity contribution in [2.45, 2.75) is 18.2 Å². The minimum Gasteiger partial charge on any atom is -0.192 e. The van der Waals surface area contributed by atoms with Crippen molar-refractivity contribution in [2.75, 3.05) is 5.75 Å². The van der Waals surface area contributed by atoms with Crippen LogP contribution in [0.4, 0.5) is 0 Å². The summed E-state index contributed by atoms with van der Waals surface area (Å²) in [5.41, 5.74) is 0.974. The lowest BCUT2D eigenvalue weighted by Crippen LogP contribution is -1.87. The molecule has 0 aliphatic heterocycles. The van der Waals surface area contributed by atoms with Crippen LogP contribution in [0.1, 0.15) is 24.5 Å². The maximum absolute atomic E-state index is 8.92. The molecule has 1 aromatic rings. The Morgan fingerprint density at radius 2 is 2.07 bits per heavy atom. The second-order valence-electron chi connectivity index (χ2n) is 2.75. The van der Waals surface area contributed by atoms with Gasteiger partial charge in [-0.25, -0.2) is 0 Å². The number of thioether (sulfide) groups is 1. The Morgan fingerprint density at radius 1 is 1.29 bits per heavy atom. The zero-order valence-electron chi connectivity index (χ0n) is 7.95. The molecule has 0 saturated heterocycles. The zero-order valence-corrected chi connectivity index (χ0v) is 8.77. The predicted octanol–water partition coefficient (Wildman–Crippen LogP) is 2.93. The number of benzene rings is 1. The van der Waals surface area contributed by atoms with Gasteiger partial charge in [0.1, 0.15) is 12.1 Å². The van der Waals surface area contributed by atoms with Gasteiger partial charge in [-0.15, -0.1) is 11.8 Å². The van der Waals surface area contributed by atoms with Crippen molar-refractivity contribution >= 4 is 11.8 Å². The van der Waals surface area contributed by atoms with Crippen LogP contribution in [0.25, 0.3) is 0 Å². The lowest BCUT2D eigenvalue weighted by Gasteiger charge is -2.02. The number of hydrogen-bond donors (Lipinski definition) is 0. The summed E-state index contributed by atoms with van der Waals surface area (Å²) >= 11 is 1.63. The SMILES string of the molecule is CCCSc1cccc(C#N)c1C#N. The van der Waals surface area contributed by atoms with Gasteiger partial charge in [0.15, 0.2) is 0 Å². The first kappa shape index (κ1) is 10.6.